The number of aliphatic carboxylic acids is 1. The fourth-order valence-electron chi connectivity index (χ4n) is 2.78. The summed E-state index contributed by atoms with van der Waals surface area (Å²) in [4.78, 5) is 24.4. The Morgan fingerprint density at radius 1 is 1.18 bits per heavy atom. The normalized spacial score (nSPS) is 27.4. The van der Waals surface area contributed by atoms with Gasteiger partial charge in [0, 0.05) is 12.5 Å². The summed E-state index contributed by atoms with van der Waals surface area (Å²) in [6.45, 7) is 0.221. The molecule has 5 heteroatoms. The van der Waals surface area contributed by atoms with E-state index in [4.69, 9.17) is 4.74 Å². The van der Waals surface area contributed by atoms with Gasteiger partial charge in [-0.05, 0) is 12.8 Å². The summed E-state index contributed by atoms with van der Waals surface area (Å²) < 4.78 is 4.99. The van der Waals surface area contributed by atoms with Crippen molar-refractivity contribution in [1.82, 2.24) is 4.90 Å². The van der Waals surface area contributed by atoms with Crippen LogP contribution in [-0.2, 0) is 9.53 Å². The lowest BCUT2D eigenvalue weighted by Gasteiger charge is -2.38. The van der Waals surface area contributed by atoms with Crippen LogP contribution in [0.4, 0.5) is 4.79 Å². The Bertz CT molecular complexity index is 297. The second-order valence-electron chi connectivity index (χ2n) is 4.81. The van der Waals surface area contributed by atoms with E-state index in [-0.39, 0.29) is 12.6 Å². The summed E-state index contributed by atoms with van der Waals surface area (Å²) in [6, 6.07) is -0.647. The number of carbonyl (C=O) groups excluding carboxylic acids is 1. The van der Waals surface area contributed by atoms with Gasteiger partial charge in [0.05, 0.1) is 6.61 Å². The number of amides is 1. The second kappa shape index (κ2) is 5.38. The van der Waals surface area contributed by atoms with Crippen molar-refractivity contribution in [3.8, 4) is 0 Å². The van der Waals surface area contributed by atoms with E-state index in [0.717, 1.165) is 25.7 Å². The predicted molar refractivity (Wildman–Crippen MR) is 60.7 cm³/mol. The second-order valence-corrected chi connectivity index (χ2v) is 4.81. The monoisotopic (exact) mass is 241 g/mol. The Morgan fingerprint density at radius 3 is 2.41 bits per heavy atom. The molecule has 1 saturated heterocycles. The summed E-state index contributed by atoms with van der Waals surface area (Å²) in [7, 11) is 0. The summed E-state index contributed by atoms with van der Waals surface area (Å²) in [5.41, 5.74) is 0. The zero-order valence-electron chi connectivity index (χ0n) is 9.93. The predicted octanol–water partition coefficient (Wildman–Crippen LogP) is 2.00. The zero-order chi connectivity index (χ0) is 12.3. The number of carboxylic acids is 1. The van der Waals surface area contributed by atoms with E-state index in [0.29, 0.717) is 6.42 Å². The molecule has 1 amide bonds. The molecule has 2 fully saturated rings. The lowest BCUT2D eigenvalue weighted by molar-refractivity contribution is -0.146. The topological polar surface area (TPSA) is 66.8 Å². The van der Waals surface area contributed by atoms with Gasteiger partial charge in [0.25, 0.3) is 0 Å². The van der Waals surface area contributed by atoms with Crippen molar-refractivity contribution in [1.29, 1.82) is 0 Å². The molecule has 0 aromatic rings. The van der Waals surface area contributed by atoms with Crippen molar-refractivity contribution in [2.45, 2.75) is 57.0 Å². The van der Waals surface area contributed by atoms with Crippen LogP contribution in [0.25, 0.3) is 0 Å². The molecule has 1 saturated carbocycles. The summed E-state index contributed by atoms with van der Waals surface area (Å²) >= 11 is 0. The molecule has 1 unspecified atom stereocenters. The molecule has 0 aromatic heterocycles. The SMILES string of the molecule is O=C(O)C1CCOC(=O)N1C1CCCCCC1. The Morgan fingerprint density at radius 2 is 1.82 bits per heavy atom. The van der Waals surface area contributed by atoms with E-state index in [2.05, 4.69) is 0 Å². The third-order valence-electron chi connectivity index (χ3n) is 3.67. The van der Waals surface area contributed by atoms with Gasteiger partial charge in [0.2, 0.25) is 0 Å². The van der Waals surface area contributed by atoms with Crippen LogP contribution in [0.2, 0.25) is 0 Å². The van der Waals surface area contributed by atoms with E-state index < -0.39 is 18.1 Å². The van der Waals surface area contributed by atoms with Crippen molar-refractivity contribution in [2.24, 2.45) is 0 Å². The Labute approximate surface area is 101 Å². The first kappa shape index (κ1) is 12.2. The Balaban J connectivity index is 2.12. The number of nitrogens with zero attached hydrogens (tertiary/aromatic N) is 1. The maximum atomic E-state index is 11.8. The number of hydrogen-bond acceptors (Lipinski definition) is 3. The molecule has 1 atom stereocenters. The van der Waals surface area contributed by atoms with E-state index in [1.54, 1.807) is 0 Å². The van der Waals surface area contributed by atoms with Gasteiger partial charge in [-0.25, -0.2) is 9.59 Å². The van der Waals surface area contributed by atoms with Crippen molar-refractivity contribution in [3.05, 3.63) is 0 Å². The average molecular weight is 241 g/mol. The number of carbonyl (C=O) groups is 2. The van der Waals surface area contributed by atoms with Gasteiger partial charge in [-0.1, -0.05) is 25.7 Å². The fraction of sp³-hybridized carbons (Fsp3) is 0.833. The van der Waals surface area contributed by atoms with Crippen molar-refractivity contribution < 1.29 is 19.4 Å². The van der Waals surface area contributed by atoms with Crippen LogP contribution in [-0.4, -0.2) is 40.8 Å². The first-order chi connectivity index (χ1) is 8.20. The van der Waals surface area contributed by atoms with Crippen LogP contribution < -0.4 is 0 Å². The maximum absolute atomic E-state index is 11.8. The minimum Gasteiger partial charge on any atom is -0.480 e. The van der Waals surface area contributed by atoms with E-state index in [9.17, 15) is 14.7 Å². The minimum atomic E-state index is -0.911. The van der Waals surface area contributed by atoms with E-state index >= 15 is 0 Å². The molecule has 1 N–H and O–H groups in total. The molecule has 96 valence electrons. The number of cyclic esters (lactones) is 1. The lowest BCUT2D eigenvalue weighted by Crippen LogP contribution is -2.54. The number of ether oxygens (including phenoxy) is 1. The standard InChI is InChI=1S/C12H19NO4/c14-11(15)10-7-8-17-12(16)13(10)9-5-3-1-2-4-6-9/h9-10H,1-8H2,(H,14,15). The van der Waals surface area contributed by atoms with Gasteiger partial charge in [0.1, 0.15) is 6.04 Å². The van der Waals surface area contributed by atoms with Gasteiger partial charge in [0.15, 0.2) is 0 Å². The van der Waals surface area contributed by atoms with Gasteiger partial charge >= 0.3 is 12.1 Å². The third-order valence-corrected chi connectivity index (χ3v) is 3.67. The highest BCUT2D eigenvalue weighted by molar-refractivity contribution is 5.81. The zero-order valence-corrected chi connectivity index (χ0v) is 9.93. The first-order valence-electron chi connectivity index (χ1n) is 6.38. The Kier molecular flexibility index (Phi) is 3.86. The molecule has 2 rings (SSSR count). The molecule has 0 aromatic carbocycles. The maximum Gasteiger partial charge on any atom is 0.410 e. The molecular weight excluding hydrogens is 222 g/mol. The summed E-state index contributed by atoms with van der Waals surface area (Å²) in [6.07, 6.45) is 6.25. The highest BCUT2D eigenvalue weighted by atomic mass is 16.6. The Hall–Kier alpha value is -1.26. The minimum absolute atomic E-state index is 0.0476. The van der Waals surface area contributed by atoms with Crippen LogP contribution in [0.1, 0.15) is 44.9 Å². The molecule has 1 aliphatic heterocycles. The van der Waals surface area contributed by atoms with Gasteiger partial charge in [-0.15, -0.1) is 0 Å². The van der Waals surface area contributed by atoms with Gasteiger partial charge in [-0.2, -0.15) is 0 Å². The number of hydrogen-bond donors (Lipinski definition) is 1. The summed E-state index contributed by atoms with van der Waals surface area (Å²) in [5, 5.41) is 9.18. The highest BCUT2D eigenvalue weighted by Crippen LogP contribution is 2.27. The van der Waals surface area contributed by atoms with Crippen LogP contribution >= 0.6 is 0 Å². The van der Waals surface area contributed by atoms with E-state index in [1.165, 1.54) is 17.7 Å². The molecule has 0 spiro atoms. The molecule has 1 heterocycles. The fourth-order valence-corrected chi connectivity index (χ4v) is 2.78. The van der Waals surface area contributed by atoms with Crippen molar-refractivity contribution >= 4 is 12.1 Å². The lowest BCUT2D eigenvalue weighted by atomic mass is 10.0. The average Bonchev–Trinajstić information content (AvgIpc) is 2.57. The smallest absolute Gasteiger partial charge is 0.410 e. The first-order valence-corrected chi connectivity index (χ1v) is 6.38. The number of carboxylic acid groups (broad SMARTS) is 1. The molecule has 5 nitrogen and oxygen atoms in total. The molecule has 1 aliphatic carbocycles. The van der Waals surface area contributed by atoms with Crippen LogP contribution in [0, 0.1) is 0 Å². The van der Waals surface area contributed by atoms with Crippen molar-refractivity contribution in [2.75, 3.05) is 6.61 Å². The van der Waals surface area contributed by atoms with Gasteiger partial charge < -0.3 is 9.84 Å². The molecular formula is C12H19NO4. The molecule has 0 radical (unpaired) electrons. The number of rotatable bonds is 2. The molecule has 0 bridgehead atoms. The van der Waals surface area contributed by atoms with Crippen molar-refractivity contribution in [3.63, 3.8) is 0 Å². The van der Waals surface area contributed by atoms with Crippen LogP contribution in [0.3, 0.4) is 0 Å². The summed E-state index contributed by atoms with van der Waals surface area (Å²) in [5.74, 6) is -0.911. The van der Waals surface area contributed by atoms with E-state index in [1.807, 2.05) is 0 Å². The van der Waals surface area contributed by atoms with Gasteiger partial charge in [-0.3, -0.25) is 4.90 Å². The highest BCUT2D eigenvalue weighted by Gasteiger charge is 2.39. The molecule has 17 heavy (non-hydrogen) atoms. The molecule has 2 aliphatic rings. The quantitative estimate of drug-likeness (QED) is 0.751. The van der Waals surface area contributed by atoms with Crippen LogP contribution in [0.15, 0.2) is 0 Å². The largest absolute Gasteiger partial charge is 0.480 e. The van der Waals surface area contributed by atoms with Crippen LogP contribution in [0.5, 0.6) is 0 Å². The third kappa shape index (κ3) is 2.70.